The first-order chi connectivity index (χ1) is 17.9. The average molecular weight is 582 g/mol. The van der Waals surface area contributed by atoms with Crippen LogP contribution in [0.5, 0.6) is 0 Å². The van der Waals surface area contributed by atoms with Gasteiger partial charge in [0.1, 0.15) is 11.6 Å². The average Bonchev–Trinajstić information content (AvgIpc) is 3.28. The summed E-state index contributed by atoms with van der Waals surface area (Å²) < 4.78 is 80.2. The Hall–Kier alpha value is -3.39. The normalized spacial score (nSPS) is 16.4. The Bertz CT molecular complexity index is 1580. The van der Waals surface area contributed by atoms with E-state index in [2.05, 4.69) is 14.8 Å². The number of nitrogens with two attached hydrogens (primary N) is 1. The van der Waals surface area contributed by atoms with Gasteiger partial charge in [-0.25, -0.2) is 27.3 Å². The molecule has 0 unspecified atom stereocenters. The quantitative estimate of drug-likeness (QED) is 0.325. The highest BCUT2D eigenvalue weighted by atomic mass is 35.5. The summed E-state index contributed by atoms with van der Waals surface area (Å²) in [5, 5.41) is 14.1. The number of guanidine groups is 1. The fourth-order valence-corrected chi connectivity index (χ4v) is 5.31. The van der Waals surface area contributed by atoms with E-state index in [4.69, 9.17) is 16.7 Å². The third kappa shape index (κ3) is 6.92. The van der Waals surface area contributed by atoms with E-state index in [1.54, 1.807) is 24.3 Å². The van der Waals surface area contributed by atoms with Crippen LogP contribution in [0.1, 0.15) is 17.0 Å². The number of hydrogen-bond acceptors (Lipinski definition) is 5. The minimum Gasteiger partial charge on any atom is -0.353 e. The van der Waals surface area contributed by atoms with Crippen LogP contribution in [0.2, 0.25) is 5.02 Å². The van der Waals surface area contributed by atoms with Gasteiger partial charge in [0.15, 0.2) is 0 Å². The summed E-state index contributed by atoms with van der Waals surface area (Å²) in [6.45, 7) is -0.181. The third-order valence-electron chi connectivity index (χ3n) is 5.51. The second-order valence-corrected chi connectivity index (χ2v) is 12.1. The fourth-order valence-electron chi connectivity index (χ4n) is 3.78. The van der Waals surface area contributed by atoms with E-state index in [-0.39, 0.29) is 25.0 Å². The molecule has 3 aromatic rings. The molecule has 0 saturated carbocycles. The van der Waals surface area contributed by atoms with Gasteiger partial charge in [-0.2, -0.15) is 13.5 Å². The predicted molar refractivity (Wildman–Crippen MR) is 141 cm³/mol. The van der Waals surface area contributed by atoms with Gasteiger partial charge in [0.2, 0.25) is 16.0 Å². The molecule has 4 rings (SSSR count). The van der Waals surface area contributed by atoms with E-state index in [1.165, 1.54) is 5.01 Å². The molecule has 1 aliphatic rings. The van der Waals surface area contributed by atoms with Gasteiger partial charge in [0, 0.05) is 23.6 Å². The molecule has 0 amide bonds. The van der Waals surface area contributed by atoms with Crippen molar-refractivity contribution in [2.75, 3.05) is 18.8 Å². The number of rotatable bonds is 7. The first-order valence-electron chi connectivity index (χ1n) is 11.1. The zero-order valence-electron chi connectivity index (χ0n) is 19.6. The number of primary sulfonamides is 1. The smallest absolute Gasteiger partial charge is 0.285 e. The largest absolute Gasteiger partial charge is 0.353 e. The number of hydrogen-bond donors (Lipinski definition) is 2. The first-order valence-corrected chi connectivity index (χ1v) is 14.7. The van der Waals surface area contributed by atoms with Gasteiger partial charge in [-0.1, -0.05) is 54.1 Å². The first kappa shape index (κ1) is 27.6. The number of halogens is 3. The number of hydrazone groups is 1. The van der Waals surface area contributed by atoms with Crippen LogP contribution in [-0.2, 0) is 20.0 Å². The van der Waals surface area contributed by atoms with Crippen molar-refractivity contribution in [1.29, 1.82) is 0 Å². The Morgan fingerprint density at radius 2 is 1.66 bits per heavy atom. The topological polar surface area (TPSA) is 134 Å². The van der Waals surface area contributed by atoms with Crippen molar-refractivity contribution in [3.8, 4) is 0 Å². The SMILES string of the molecule is NS(=O)(=O)CCN/C(=N/S(=O)(=O)c1cc(F)cc(F)c1)N1C[C@@H](c2ccccc2)C(c2ccc(Cl)cc2)=N1. The summed E-state index contributed by atoms with van der Waals surface area (Å²) >= 11 is 6.04. The van der Waals surface area contributed by atoms with Crippen molar-refractivity contribution in [3.63, 3.8) is 0 Å². The van der Waals surface area contributed by atoms with Crippen LogP contribution >= 0.6 is 11.6 Å². The lowest BCUT2D eigenvalue weighted by Crippen LogP contribution is -2.41. The van der Waals surface area contributed by atoms with Crippen LogP contribution in [0.3, 0.4) is 0 Å². The summed E-state index contributed by atoms with van der Waals surface area (Å²) in [5.74, 6) is -3.42. The Balaban J connectivity index is 1.78. The van der Waals surface area contributed by atoms with Crippen molar-refractivity contribution in [1.82, 2.24) is 10.3 Å². The molecular weight excluding hydrogens is 560 g/mol. The Kier molecular flexibility index (Phi) is 8.11. The van der Waals surface area contributed by atoms with Gasteiger partial charge in [-0.05, 0) is 35.4 Å². The number of sulfonamides is 2. The fraction of sp³-hybridized carbons (Fsp3) is 0.167. The van der Waals surface area contributed by atoms with Crippen molar-refractivity contribution >= 4 is 43.3 Å². The van der Waals surface area contributed by atoms with Gasteiger partial charge in [-0.15, -0.1) is 4.40 Å². The van der Waals surface area contributed by atoms with Crippen molar-refractivity contribution in [2.45, 2.75) is 10.8 Å². The molecule has 1 heterocycles. The van der Waals surface area contributed by atoms with Crippen LogP contribution in [-0.4, -0.2) is 52.4 Å². The highest BCUT2D eigenvalue weighted by molar-refractivity contribution is 7.90. The van der Waals surface area contributed by atoms with Crippen molar-refractivity contribution in [3.05, 3.63) is 101 Å². The molecule has 0 saturated heterocycles. The monoisotopic (exact) mass is 581 g/mol. The number of nitrogens with zero attached hydrogens (tertiary/aromatic N) is 3. The predicted octanol–water partition coefficient (Wildman–Crippen LogP) is 3.04. The molecule has 0 fully saturated rings. The Morgan fingerprint density at radius 1 is 1.03 bits per heavy atom. The minimum absolute atomic E-state index is 0.121. The van der Waals surface area contributed by atoms with Crippen molar-refractivity contribution < 1.29 is 25.6 Å². The number of nitrogens with one attached hydrogen (secondary N) is 1. The molecule has 9 nitrogen and oxygen atoms in total. The zero-order valence-corrected chi connectivity index (χ0v) is 22.0. The molecule has 3 N–H and O–H groups in total. The lowest BCUT2D eigenvalue weighted by atomic mass is 9.91. The zero-order chi connectivity index (χ0) is 27.5. The van der Waals surface area contributed by atoms with E-state index in [9.17, 15) is 25.6 Å². The van der Waals surface area contributed by atoms with Crippen molar-refractivity contribution in [2.24, 2.45) is 14.6 Å². The van der Waals surface area contributed by atoms with Gasteiger partial charge >= 0.3 is 0 Å². The molecule has 1 aliphatic heterocycles. The summed E-state index contributed by atoms with van der Waals surface area (Å²) in [4.78, 5) is -0.721. The third-order valence-corrected chi connectivity index (χ3v) is 7.78. The molecular formula is C24H22ClF2N5O4S2. The maximum Gasteiger partial charge on any atom is 0.285 e. The maximum absolute atomic E-state index is 13.7. The lowest BCUT2D eigenvalue weighted by molar-refractivity contribution is 0.456. The van der Waals surface area contributed by atoms with E-state index in [0.29, 0.717) is 34.5 Å². The van der Waals surface area contributed by atoms with Crippen LogP contribution in [0.25, 0.3) is 0 Å². The van der Waals surface area contributed by atoms with E-state index >= 15 is 0 Å². The molecule has 1 atom stereocenters. The minimum atomic E-state index is -4.64. The highest BCUT2D eigenvalue weighted by Crippen LogP contribution is 2.30. The van der Waals surface area contributed by atoms with Crippen LogP contribution in [0.15, 0.2) is 87.2 Å². The number of benzene rings is 3. The van der Waals surface area contributed by atoms with Crippen LogP contribution in [0, 0.1) is 11.6 Å². The molecule has 0 radical (unpaired) electrons. The lowest BCUT2D eigenvalue weighted by Gasteiger charge is -2.19. The highest BCUT2D eigenvalue weighted by Gasteiger charge is 2.32. The second-order valence-electron chi connectivity index (χ2n) is 8.33. The van der Waals surface area contributed by atoms with Crippen LogP contribution < -0.4 is 10.5 Å². The Labute approximate surface area is 223 Å². The van der Waals surface area contributed by atoms with Crippen LogP contribution in [0.4, 0.5) is 8.78 Å². The van der Waals surface area contributed by atoms with Gasteiger partial charge in [0.05, 0.1) is 22.9 Å². The molecule has 0 aromatic heterocycles. The molecule has 0 aliphatic carbocycles. The molecule has 14 heteroatoms. The summed E-state index contributed by atoms with van der Waals surface area (Å²) in [6.07, 6.45) is 0. The standard InChI is InChI=1S/C24H22ClF2N5O4S2/c25-18-8-6-17(7-9-18)23-22(16-4-2-1-3-5-16)15-32(30-23)24(29-10-11-37(28,33)34)31-38(35,36)21-13-19(26)12-20(27)14-21/h1-9,12-14,22H,10-11,15H2,(H,29,31)(H2,28,33,34)/t22-/m0/s1. The molecule has 38 heavy (non-hydrogen) atoms. The molecule has 0 bridgehead atoms. The van der Waals surface area contributed by atoms with E-state index in [0.717, 1.165) is 5.56 Å². The molecule has 200 valence electrons. The van der Waals surface area contributed by atoms with Gasteiger partial charge in [-0.3, -0.25) is 0 Å². The molecule has 0 spiro atoms. The second kappa shape index (κ2) is 11.2. The molecule has 3 aromatic carbocycles. The Morgan fingerprint density at radius 3 is 2.26 bits per heavy atom. The summed E-state index contributed by atoms with van der Waals surface area (Å²) in [5.41, 5.74) is 2.16. The summed E-state index contributed by atoms with van der Waals surface area (Å²) in [6, 6.07) is 18.0. The van der Waals surface area contributed by atoms with Gasteiger partial charge < -0.3 is 5.32 Å². The summed E-state index contributed by atoms with van der Waals surface area (Å²) in [7, 11) is -8.54. The van der Waals surface area contributed by atoms with E-state index < -0.39 is 42.3 Å². The maximum atomic E-state index is 13.7. The van der Waals surface area contributed by atoms with E-state index in [1.807, 2.05) is 30.3 Å². The van der Waals surface area contributed by atoms with Gasteiger partial charge in [0.25, 0.3) is 10.0 Å².